The zero-order valence-corrected chi connectivity index (χ0v) is 9.18. The topological polar surface area (TPSA) is 21.3 Å². The maximum atomic E-state index is 5.58. The van der Waals surface area contributed by atoms with E-state index < -0.39 is 0 Å². The van der Waals surface area contributed by atoms with E-state index in [9.17, 15) is 0 Å². The fourth-order valence-electron chi connectivity index (χ4n) is 2.43. The van der Waals surface area contributed by atoms with Gasteiger partial charge in [-0.2, -0.15) is 0 Å². The van der Waals surface area contributed by atoms with Gasteiger partial charge < -0.3 is 10.1 Å². The van der Waals surface area contributed by atoms with Crippen molar-refractivity contribution in [2.75, 3.05) is 14.2 Å². The Morgan fingerprint density at radius 2 is 1.85 bits per heavy atom. The van der Waals surface area contributed by atoms with Gasteiger partial charge in [0, 0.05) is 13.2 Å². The molecule has 0 amide bonds. The molecular formula is C11H23NO. The number of rotatable bonds is 4. The predicted molar refractivity (Wildman–Crippen MR) is 55.9 cm³/mol. The third-order valence-electron chi connectivity index (χ3n) is 3.33. The minimum Gasteiger partial charge on any atom is -0.380 e. The van der Waals surface area contributed by atoms with Crippen molar-refractivity contribution in [3.8, 4) is 0 Å². The molecule has 13 heavy (non-hydrogen) atoms. The van der Waals surface area contributed by atoms with Gasteiger partial charge in [0.2, 0.25) is 0 Å². The zero-order chi connectivity index (χ0) is 9.68. The molecule has 1 rings (SSSR count). The highest BCUT2D eigenvalue weighted by Crippen LogP contribution is 2.29. The Kier molecular flexibility index (Phi) is 4.74. The fraction of sp³-hybridized carbons (Fsp3) is 1.00. The second kappa shape index (κ2) is 5.61. The lowest BCUT2D eigenvalue weighted by atomic mass is 9.83. The first-order chi connectivity index (χ1) is 6.29. The number of nitrogens with one attached hydrogen (secondary N) is 1. The van der Waals surface area contributed by atoms with Gasteiger partial charge in [-0.3, -0.25) is 0 Å². The number of ether oxygens (including phenoxy) is 1. The summed E-state index contributed by atoms with van der Waals surface area (Å²) in [6.45, 7) is 2.21. The highest BCUT2D eigenvalue weighted by molar-refractivity contribution is 4.81. The van der Waals surface area contributed by atoms with Crippen molar-refractivity contribution in [1.82, 2.24) is 5.32 Å². The molecule has 1 saturated carbocycles. The summed E-state index contributed by atoms with van der Waals surface area (Å²) in [5.74, 6) is 0.779. The van der Waals surface area contributed by atoms with Gasteiger partial charge in [-0.15, -0.1) is 0 Å². The minimum absolute atomic E-state index is 0.408. The summed E-state index contributed by atoms with van der Waals surface area (Å²) < 4.78 is 5.58. The van der Waals surface area contributed by atoms with Gasteiger partial charge >= 0.3 is 0 Å². The van der Waals surface area contributed by atoms with E-state index in [1.165, 1.54) is 32.1 Å². The van der Waals surface area contributed by atoms with Gasteiger partial charge in [-0.05, 0) is 32.7 Å². The standard InChI is InChI=1S/C11H23NO/c1-9(12-2)11(13-3)10-7-5-4-6-8-10/h9-12H,4-8H2,1-3H3/t9-,11-/m0/s1. The van der Waals surface area contributed by atoms with Gasteiger partial charge in [-0.1, -0.05) is 19.3 Å². The zero-order valence-electron chi connectivity index (χ0n) is 9.18. The number of hydrogen-bond acceptors (Lipinski definition) is 2. The lowest BCUT2D eigenvalue weighted by molar-refractivity contribution is 0.0146. The van der Waals surface area contributed by atoms with Crippen LogP contribution in [0.1, 0.15) is 39.0 Å². The van der Waals surface area contributed by atoms with Crippen molar-refractivity contribution in [3.05, 3.63) is 0 Å². The van der Waals surface area contributed by atoms with Crippen LogP contribution >= 0.6 is 0 Å². The van der Waals surface area contributed by atoms with Crippen molar-refractivity contribution in [2.24, 2.45) is 5.92 Å². The maximum absolute atomic E-state index is 5.58. The molecule has 0 aromatic heterocycles. The second-order valence-corrected chi connectivity index (χ2v) is 4.18. The molecule has 78 valence electrons. The average molecular weight is 185 g/mol. The third-order valence-corrected chi connectivity index (χ3v) is 3.33. The van der Waals surface area contributed by atoms with Gasteiger partial charge in [0.25, 0.3) is 0 Å². The molecule has 2 nitrogen and oxygen atoms in total. The van der Waals surface area contributed by atoms with Crippen LogP contribution in [0.3, 0.4) is 0 Å². The van der Waals surface area contributed by atoms with Crippen LogP contribution in [0.5, 0.6) is 0 Å². The molecule has 0 heterocycles. The van der Waals surface area contributed by atoms with Gasteiger partial charge in [0.15, 0.2) is 0 Å². The lowest BCUT2D eigenvalue weighted by Gasteiger charge is -2.33. The maximum Gasteiger partial charge on any atom is 0.0749 e. The summed E-state index contributed by atoms with van der Waals surface area (Å²) in [5, 5.41) is 3.29. The van der Waals surface area contributed by atoms with Crippen LogP contribution in [-0.2, 0) is 4.74 Å². The van der Waals surface area contributed by atoms with Gasteiger partial charge in [-0.25, -0.2) is 0 Å². The van der Waals surface area contributed by atoms with Gasteiger partial charge in [0.05, 0.1) is 6.10 Å². The third kappa shape index (κ3) is 2.96. The molecule has 0 unspecified atom stereocenters. The lowest BCUT2D eigenvalue weighted by Crippen LogP contribution is -2.41. The SMILES string of the molecule is CN[C@@H](C)[C@H](OC)C1CCCCC1. The molecule has 1 aliphatic carbocycles. The van der Waals surface area contributed by atoms with Crippen molar-refractivity contribution < 1.29 is 4.74 Å². The van der Waals surface area contributed by atoms with E-state index in [2.05, 4.69) is 12.2 Å². The molecule has 1 fully saturated rings. The predicted octanol–water partition coefficient (Wildman–Crippen LogP) is 2.19. The molecular weight excluding hydrogens is 162 g/mol. The molecule has 0 aliphatic heterocycles. The van der Waals surface area contributed by atoms with Crippen LogP contribution in [0.2, 0.25) is 0 Å². The minimum atomic E-state index is 0.408. The summed E-state index contributed by atoms with van der Waals surface area (Å²) in [6.07, 6.45) is 7.31. The Labute approximate surface area is 82.0 Å². The van der Waals surface area contributed by atoms with E-state index in [0.29, 0.717) is 12.1 Å². The Morgan fingerprint density at radius 3 is 2.31 bits per heavy atom. The molecule has 0 aromatic rings. The van der Waals surface area contributed by atoms with Crippen LogP contribution in [0, 0.1) is 5.92 Å². The molecule has 0 spiro atoms. The molecule has 1 N–H and O–H groups in total. The van der Waals surface area contributed by atoms with Crippen LogP contribution in [0.4, 0.5) is 0 Å². The average Bonchev–Trinajstić information content (AvgIpc) is 2.20. The molecule has 0 radical (unpaired) electrons. The number of methoxy groups -OCH3 is 1. The van der Waals surface area contributed by atoms with E-state index in [0.717, 1.165) is 5.92 Å². The van der Waals surface area contributed by atoms with Crippen LogP contribution in [0.25, 0.3) is 0 Å². The Balaban J connectivity index is 2.43. The number of likely N-dealkylation sites (N-methyl/N-ethyl adjacent to an activating group) is 1. The first kappa shape index (κ1) is 11.0. The smallest absolute Gasteiger partial charge is 0.0749 e. The number of hydrogen-bond donors (Lipinski definition) is 1. The summed E-state index contributed by atoms with van der Waals surface area (Å²) in [4.78, 5) is 0. The van der Waals surface area contributed by atoms with Crippen molar-refractivity contribution in [1.29, 1.82) is 0 Å². The van der Waals surface area contributed by atoms with Gasteiger partial charge in [0.1, 0.15) is 0 Å². The monoisotopic (exact) mass is 185 g/mol. The highest BCUT2D eigenvalue weighted by Gasteiger charge is 2.26. The fourth-order valence-corrected chi connectivity index (χ4v) is 2.43. The summed E-state index contributed by atoms with van der Waals surface area (Å²) in [5.41, 5.74) is 0. The summed E-state index contributed by atoms with van der Waals surface area (Å²) in [7, 11) is 3.85. The van der Waals surface area contributed by atoms with E-state index in [1.54, 1.807) is 0 Å². The van der Waals surface area contributed by atoms with Crippen LogP contribution in [-0.4, -0.2) is 26.3 Å². The van der Waals surface area contributed by atoms with Crippen LogP contribution < -0.4 is 5.32 Å². The van der Waals surface area contributed by atoms with E-state index >= 15 is 0 Å². The molecule has 0 aromatic carbocycles. The Hall–Kier alpha value is -0.0800. The quantitative estimate of drug-likeness (QED) is 0.725. The normalized spacial score (nSPS) is 24.2. The second-order valence-electron chi connectivity index (χ2n) is 4.18. The molecule has 2 heteroatoms. The Morgan fingerprint density at radius 1 is 1.23 bits per heavy atom. The van der Waals surface area contributed by atoms with E-state index in [-0.39, 0.29) is 0 Å². The van der Waals surface area contributed by atoms with Crippen molar-refractivity contribution >= 4 is 0 Å². The molecule has 0 saturated heterocycles. The largest absolute Gasteiger partial charge is 0.380 e. The van der Waals surface area contributed by atoms with Crippen molar-refractivity contribution in [3.63, 3.8) is 0 Å². The Bertz CT molecular complexity index is 132. The van der Waals surface area contributed by atoms with Crippen molar-refractivity contribution in [2.45, 2.75) is 51.2 Å². The molecule has 2 atom stereocenters. The van der Waals surface area contributed by atoms with Crippen LogP contribution in [0.15, 0.2) is 0 Å². The molecule has 1 aliphatic rings. The first-order valence-electron chi connectivity index (χ1n) is 5.49. The summed E-state index contributed by atoms with van der Waals surface area (Å²) in [6, 6.07) is 0.480. The van der Waals surface area contributed by atoms with E-state index in [1.807, 2.05) is 14.2 Å². The molecule has 0 bridgehead atoms. The highest BCUT2D eigenvalue weighted by atomic mass is 16.5. The first-order valence-corrected chi connectivity index (χ1v) is 5.49. The van der Waals surface area contributed by atoms with E-state index in [4.69, 9.17) is 4.74 Å². The summed E-state index contributed by atoms with van der Waals surface area (Å²) >= 11 is 0.